The summed E-state index contributed by atoms with van der Waals surface area (Å²) >= 11 is 0. The Labute approximate surface area is 174 Å². The maximum absolute atomic E-state index is 14.0. The molecule has 4 unspecified atom stereocenters. The van der Waals surface area contributed by atoms with Gasteiger partial charge in [0.15, 0.2) is 11.6 Å². The summed E-state index contributed by atoms with van der Waals surface area (Å²) < 4.78 is 40.6. The van der Waals surface area contributed by atoms with Gasteiger partial charge in [-0.1, -0.05) is 0 Å². The predicted octanol–water partition coefficient (Wildman–Crippen LogP) is 2.66. The lowest BCUT2D eigenvalue weighted by Gasteiger charge is -2.42. The van der Waals surface area contributed by atoms with Crippen LogP contribution < -0.4 is 11.1 Å². The molecule has 2 heterocycles. The Bertz CT molecular complexity index is 831. The summed E-state index contributed by atoms with van der Waals surface area (Å²) in [4.78, 5) is 26.9. The minimum absolute atomic E-state index is 0.0439. The van der Waals surface area contributed by atoms with Gasteiger partial charge in [0.1, 0.15) is 11.9 Å². The van der Waals surface area contributed by atoms with Crippen molar-refractivity contribution >= 4 is 11.8 Å². The maximum Gasteiger partial charge on any atom is 0.245 e. The molecular weight excluding hydrogens is 395 g/mol. The largest absolute Gasteiger partial charge is 0.344 e. The minimum Gasteiger partial charge on any atom is -0.344 e. The summed E-state index contributed by atoms with van der Waals surface area (Å²) in [6, 6.07) is 0.561. The van der Waals surface area contributed by atoms with Crippen molar-refractivity contribution in [1.29, 1.82) is 0 Å². The molecule has 0 aromatic heterocycles. The molecule has 4 atom stereocenters. The summed E-state index contributed by atoms with van der Waals surface area (Å²) in [5, 5.41) is 2.83. The highest BCUT2D eigenvalue weighted by molar-refractivity contribution is 5.89. The van der Waals surface area contributed by atoms with Gasteiger partial charge >= 0.3 is 0 Å². The zero-order valence-electron chi connectivity index (χ0n) is 17.0. The fourth-order valence-electron chi connectivity index (χ4n) is 5.03. The quantitative estimate of drug-likeness (QED) is 0.691. The zero-order valence-corrected chi connectivity index (χ0v) is 17.0. The molecule has 2 aliphatic heterocycles. The lowest BCUT2D eigenvalue weighted by Crippen LogP contribution is -2.55. The smallest absolute Gasteiger partial charge is 0.245 e. The number of halogens is 3. The topological polar surface area (TPSA) is 75.4 Å². The Kier molecular flexibility index (Phi) is 5.79. The second-order valence-electron chi connectivity index (χ2n) is 9.09. The average molecular weight is 423 g/mol. The van der Waals surface area contributed by atoms with E-state index in [0.29, 0.717) is 18.9 Å². The molecule has 2 amide bonds. The van der Waals surface area contributed by atoms with Crippen molar-refractivity contribution in [3.05, 3.63) is 35.1 Å². The third kappa shape index (κ3) is 4.19. The molecular formula is C22H28F3N3O2. The van der Waals surface area contributed by atoms with Crippen molar-refractivity contribution in [1.82, 2.24) is 10.2 Å². The van der Waals surface area contributed by atoms with Crippen molar-refractivity contribution in [2.75, 3.05) is 0 Å². The second kappa shape index (κ2) is 8.21. The molecule has 3 aliphatic rings. The molecule has 30 heavy (non-hydrogen) atoms. The minimum atomic E-state index is -1.21. The van der Waals surface area contributed by atoms with E-state index >= 15 is 0 Å². The van der Waals surface area contributed by atoms with Gasteiger partial charge in [-0.25, -0.2) is 13.2 Å². The SMILES string of the molecule is CC(NC(=O)C1CC1)C(=O)N1C2CCC1CC(C(N)Cc1cc(F)c(F)cc1F)C2. The van der Waals surface area contributed by atoms with Crippen LogP contribution in [0.5, 0.6) is 0 Å². The van der Waals surface area contributed by atoms with Crippen LogP contribution in [0.3, 0.4) is 0 Å². The first-order valence-electron chi connectivity index (χ1n) is 10.8. The van der Waals surface area contributed by atoms with E-state index in [1.54, 1.807) is 6.92 Å². The molecule has 4 rings (SSSR count). The number of carbonyl (C=O) groups excluding carboxylic acids is 2. The van der Waals surface area contributed by atoms with Crippen LogP contribution in [-0.2, 0) is 16.0 Å². The monoisotopic (exact) mass is 423 g/mol. The van der Waals surface area contributed by atoms with Gasteiger partial charge in [-0.15, -0.1) is 0 Å². The van der Waals surface area contributed by atoms with Crippen LogP contribution in [-0.4, -0.2) is 40.9 Å². The Hall–Kier alpha value is -2.09. The average Bonchev–Trinajstić information content (AvgIpc) is 3.51. The first-order chi connectivity index (χ1) is 14.2. The van der Waals surface area contributed by atoms with Gasteiger partial charge in [-0.2, -0.15) is 0 Å². The predicted molar refractivity (Wildman–Crippen MR) is 105 cm³/mol. The van der Waals surface area contributed by atoms with Crippen LogP contribution in [0.4, 0.5) is 13.2 Å². The summed E-state index contributed by atoms with van der Waals surface area (Å²) in [5.74, 6) is -3.07. The van der Waals surface area contributed by atoms with Crippen molar-refractivity contribution in [2.24, 2.45) is 17.6 Å². The molecule has 2 saturated heterocycles. The van der Waals surface area contributed by atoms with Crippen LogP contribution in [0.25, 0.3) is 0 Å². The number of benzene rings is 1. The summed E-state index contributed by atoms with van der Waals surface area (Å²) in [5.41, 5.74) is 6.41. The number of rotatable bonds is 6. The van der Waals surface area contributed by atoms with E-state index < -0.39 is 29.5 Å². The molecule has 0 spiro atoms. The third-order valence-electron chi connectivity index (χ3n) is 6.85. The van der Waals surface area contributed by atoms with Gasteiger partial charge in [-0.3, -0.25) is 9.59 Å². The lowest BCUT2D eigenvalue weighted by atomic mass is 9.82. The first kappa shape index (κ1) is 21.2. The van der Waals surface area contributed by atoms with E-state index in [-0.39, 0.29) is 47.7 Å². The van der Waals surface area contributed by atoms with E-state index in [4.69, 9.17) is 5.73 Å². The Morgan fingerprint density at radius 1 is 1.07 bits per heavy atom. The van der Waals surface area contributed by atoms with Gasteiger partial charge < -0.3 is 16.0 Å². The second-order valence-corrected chi connectivity index (χ2v) is 9.09. The zero-order chi connectivity index (χ0) is 21.6. The molecule has 0 radical (unpaired) electrons. The van der Waals surface area contributed by atoms with Crippen LogP contribution in [0, 0.1) is 29.3 Å². The summed E-state index contributed by atoms with van der Waals surface area (Å²) in [6.45, 7) is 1.73. The number of fused-ring (bicyclic) bond motifs is 2. The highest BCUT2D eigenvalue weighted by Gasteiger charge is 2.46. The molecule has 1 saturated carbocycles. The van der Waals surface area contributed by atoms with E-state index in [1.165, 1.54) is 0 Å². The van der Waals surface area contributed by atoms with Crippen molar-refractivity contribution in [3.8, 4) is 0 Å². The molecule has 1 aromatic rings. The molecule has 5 nitrogen and oxygen atoms in total. The van der Waals surface area contributed by atoms with Crippen LogP contribution in [0.15, 0.2) is 12.1 Å². The number of amides is 2. The Morgan fingerprint density at radius 3 is 2.27 bits per heavy atom. The third-order valence-corrected chi connectivity index (χ3v) is 6.85. The van der Waals surface area contributed by atoms with Crippen molar-refractivity contribution < 1.29 is 22.8 Å². The number of hydrogen-bond donors (Lipinski definition) is 2. The molecule has 3 N–H and O–H groups in total. The van der Waals surface area contributed by atoms with Crippen LogP contribution in [0.1, 0.15) is 51.0 Å². The number of nitrogens with one attached hydrogen (secondary N) is 1. The highest BCUT2D eigenvalue weighted by atomic mass is 19.2. The number of piperidine rings is 1. The van der Waals surface area contributed by atoms with Crippen molar-refractivity contribution in [2.45, 2.75) is 76.0 Å². The van der Waals surface area contributed by atoms with Crippen LogP contribution in [0.2, 0.25) is 0 Å². The van der Waals surface area contributed by atoms with Crippen molar-refractivity contribution in [3.63, 3.8) is 0 Å². The van der Waals surface area contributed by atoms with Gasteiger partial charge in [0.05, 0.1) is 0 Å². The van der Waals surface area contributed by atoms with E-state index in [2.05, 4.69) is 5.32 Å². The standard InChI is InChI=1S/C22H28F3N3O2/c1-11(27-21(29)12-2-3-12)22(30)28-15-4-5-16(28)7-14(6-15)20(26)9-13-8-18(24)19(25)10-17(13)23/h8,10-12,14-16,20H,2-7,9,26H2,1H3,(H,27,29). The van der Waals surface area contributed by atoms with Crippen LogP contribution >= 0.6 is 0 Å². The number of carbonyl (C=O) groups is 2. The van der Waals surface area contributed by atoms with Gasteiger partial charge in [-0.05, 0) is 69.4 Å². The Balaban J connectivity index is 1.38. The summed E-state index contributed by atoms with van der Waals surface area (Å²) in [6.07, 6.45) is 5.04. The molecule has 8 heteroatoms. The molecule has 3 fully saturated rings. The van der Waals surface area contributed by atoms with E-state index in [9.17, 15) is 22.8 Å². The van der Waals surface area contributed by atoms with E-state index in [1.807, 2.05) is 4.90 Å². The van der Waals surface area contributed by atoms with E-state index in [0.717, 1.165) is 31.7 Å². The lowest BCUT2D eigenvalue weighted by molar-refractivity contribution is -0.140. The molecule has 164 valence electrons. The molecule has 1 aliphatic carbocycles. The summed E-state index contributed by atoms with van der Waals surface area (Å²) in [7, 11) is 0. The Morgan fingerprint density at radius 2 is 1.67 bits per heavy atom. The van der Waals surface area contributed by atoms with Gasteiger partial charge in [0.2, 0.25) is 11.8 Å². The fourth-order valence-corrected chi connectivity index (χ4v) is 5.03. The number of hydrogen-bond acceptors (Lipinski definition) is 3. The first-order valence-corrected chi connectivity index (χ1v) is 10.8. The molecule has 2 bridgehead atoms. The highest BCUT2D eigenvalue weighted by Crippen LogP contribution is 2.40. The van der Waals surface area contributed by atoms with Gasteiger partial charge in [0, 0.05) is 30.1 Å². The number of nitrogens with zero attached hydrogens (tertiary/aromatic N) is 1. The normalized spacial score (nSPS) is 27.6. The van der Waals surface area contributed by atoms with Gasteiger partial charge in [0.25, 0.3) is 0 Å². The maximum atomic E-state index is 14.0. The molecule has 1 aromatic carbocycles. The fraction of sp³-hybridized carbons (Fsp3) is 0.636. The number of nitrogens with two attached hydrogens (primary N) is 1.